The second kappa shape index (κ2) is 6.72. The first-order chi connectivity index (χ1) is 8.59. The molecule has 1 aromatic rings. The number of benzene rings is 1. The van der Waals surface area contributed by atoms with Gasteiger partial charge in [0.15, 0.2) is 5.85 Å². The van der Waals surface area contributed by atoms with Crippen molar-refractivity contribution in [3.8, 4) is 12.3 Å². The number of aliphatic hydroxyl groups is 1. The van der Waals surface area contributed by atoms with Gasteiger partial charge < -0.3 is 14.2 Å². The Balaban J connectivity index is 3.07. The molecule has 0 fully saturated rings. The van der Waals surface area contributed by atoms with Crippen molar-refractivity contribution in [2.24, 2.45) is 0 Å². The Morgan fingerprint density at radius 2 is 1.89 bits per heavy atom. The van der Waals surface area contributed by atoms with Crippen LogP contribution in [0.1, 0.15) is 17.9 Å². The van der Waals surface area contributed by atoms with Gasteiger partial charge in [-0.3, -0.25) is 4.57 Å². The number of aliphatic hydroxyl groups excluding tert-OH is 1. The van der Waals surface area contributed by atoms with Crippen LogP contribution in [0, 0.1) is 12.3 Å². The van der Waals surface area contributed by atoms with E-state index in [2.05, 4.69) is 5.92 Å². The van der Waals surface area contributed by atoms with Crippen molar-refractivity contribution >= 4 is 7.60 Å². The highest BCUT2D eigenvalue weighted by atomic mass is 31.2. The third-order valence-electron chi connectivity index (χ3n) is 2.76. The topological polar surface area (TPSA) is 55.8 Å². The molecular weight excluding hydrogens is 251 g/mol. The summed E-state index contributed by atoms with van der Waals surface area (Å²) in [6, 6.07) is 9.16. The van der Waals surface area contributed by atoms with E-state index in [1.807, 2.05) is 30.3 Å². The zero-order valence-corrected chi connectivity index (χ0v) is 11.3. The van der Waals surface area contributed by atoms with Gasteiger partial charge in [0.1, 0.15) is 0 Å². The largest absolute Gasteiger partial charge is 0.380 e. The van der Waals surface area contributed by atoms with Crippen molar-refractivity contribution in [1.29, 1.82) is 0 Å². The maximum absolute atomic E-state index is 12.2. The number of hydrogen-bond acceptors (Lipinski definition) is 4. The minimum atomic E-state index is -3.56. The molecule has 5 heteroatoms. The standard InChI is InChI=1S/C13H17O4P/c1-4-8-12(11-9-6-5-7-10-11)13(14)18(15,16-2)17-3/h1,5-7,9-10,12-14H,8H2,2-3H3/t12-,13-/m1/s1. The van der Waals surface area contributed by atoms with Crippen molar-refractivity contribution in [2.45, 2.75) is 18.2 Å². The smallest absolute Gasteiger partial charge is 0.358 e. The zero-order valence-electron chi connectivity index (χ0n) is 10.4. The summed E-state index contributed by atoms with van der Waals surface area (Å²) in [6.07, 6.45) is 5.55. The summed E-state index contributed by atoms with van der Waals surface area (Å²) in [6.45, 7) is 0. The molecule has 0 aliphatic heterocycles. The highest BCUT2D eigenvalue weighted by Gasteiger charge is 2.38. The van der Waals surface area contributed by atoms with E-state index in [0.717, 1.165) is 5.56 Å². The molecule has 2 atom stereocenters. The van der Waals surface area contributed by atoms with E-state index in [4.69, 9.17) is 15.5 Å². The van der Waals surface area contributed by atoms with E-state index in [9.17, 15) is 9.67 Å². The van der Waals surface area contributed by atoms with Gasteiger partial charge in [-0.25, -0.2) is 0 Å². The Labute approximate surface area is 107 Å². The molecule has 0 unspecified atom stereocenters. The summed E-state index contributed by atoms with van der Waals surface area (Å²) >= 11 is 0. The fourth-order valence-corrected chi connectivity index (χ4v) is 3.03. The quantitative estimate of drug-likeness (QED) is 0.636. The Kier molecular flexibility index (Phi) is 5.58. The Morgan fingerprint density at radius 3 is 2.33 bits per heavy atom. The Hall–Kier alpha value is -1.11. The number of terminal acetylenes is 1. The maximum atomic E-state index is 12.2. The predicted octanol–water partition coefficient (Wildman–Crippen LogP) is 2.60. The fourth-order valence-electron chi connectivity index (χ4n) is 1.73. The highest BCUT2D eigenvalue weighted by Crippen LogP contribution is 2.55. The van der Waals surface area contributed by atoms with Crippen LogP contribution in [0.25, 0.3) is 0 Å². The zero-order chi connectivity index (χ0) is 13.6. The molecule has 1 aromatic carbocycles. The van der Waals surface area contributed by atoms with Crippen LogP contribution in [-0.4, -0.2) is 25.2 Å². The van der Waals surface area contributed by atoms with E-state index in [1.54, 1.807) is 0 Å². The lowest BCUT2D eigenvalue weighted by molar-refractivity contribution is 0.154. The summed E-state index contributed by atoms with van der Waals surface area (Å²) in [5.41, 5.74) is 0.803. The summed E-state index contributed by atoms with van der Waals surface area (Å²) in [7, 11) is -1.08. The molecule has 0 aliphatic carbocycles. The molecule has 0 spiro atoms. The van der Waals surface area contributed by atoms with Gasteiger partial charge in [-0.05, 0) is 5.56 Å². The Bertz CT molecular complexity index is 444. The summed E-state index contributed by atoms with van der Waals surface area (Å²) < 4.78 is 21.8. The lowest BCUT2D eigenvalue weighted by Crippen LogP contribution is -2.20. The van der Waals surface area contributed by atoms with Gasteiger partial charge in [0.25, 0.3) is 0 Å². The molecule has 1 rings (SSSR count). The van der Waals surface area contributed by atoms with Crippen molar-refractivity contribution in [2.75, 3.05) is 14.2 Å². The molecule has 0 heterocycles. The Morgan fingerprint density at radius 1 is 1.33 bits per heavy atom. The second-order valence-electron chi connectivity index (χ2n) is 3.74. The minimum Gasteiger partial charge on any atom is -0.380 e. The monoisotopic (exact) mass is 268 g/mol. The lowest BCUT2D eigenvalue weighted by atomic mass is 9.97. The summed E-state index contributed by atoms with van der Waals surface area (Å²) in [5, 5.41) is 10.2. The van der Waals surface area contributed by atoms with E-state index in [-0.39, 0.29) is 6.42 Å². The first kappa shape index (κ1) is 14.9. The predicted molar refractivity (Wildman–Crippen MR) is 70.3 cm³/mol. The van der Waals surface area contributed by atoms with Gasteiger partial charge in [0, 0.05) is 26.6 Å². The number of hydrogen-bond donors (Lipinski definition) is 1. The molecule has 18 heavy (non-hydrogen) atoms. The molecule has 0 aliphatic rings. The highest BCUT2D eigenvalue weighted by molar-refractivity contribution is 7.54. The van der Waals surface area contributed by atoms with Gasteiger partial charge in [-0.15, -0.1) is 12.3 Å². The van der Waals surface area contributed by atoms with Crippen LogP contribution in [0.5, 0.6) is 0 Å². The van der Waals surface area contributed by atoms with Crippen molar-refractivity contribution in [3.05, 3.63) is 35.9 Å². The molecular formula is C13H17O4P. The van der Waals surface area contributed by atoms with Crippen molar-refractivity contribution in [1.82, 2.24) is 0 Å². The maximum Gasteiger partial charge on any atom is 0.358 e. The SMILES string of the molecule is C#CC[C@H](c1ccccc1)[C@H](O)P(=O)(OC)OC. The minimum absolute atomic E-state index is 0.252. The normalized spacial score (nSPS) is 14.8. The van der Waals surface area contributed by atoms with Crippen LogP contribution in [0.15, 0.2) is 30.3 Å². The van der Waals surface area contributed by atoms with Crippen LogP contribution in [0.4, 0.5) is 0 Å². The molecule has 0 saturated heterocycles. The van der Waals surface area contributed by atoms with Crippen LogP contribution in [0.2, 0.25) is 0 Å². The molecule has 0 aromatic heterocycles. The molecule has 0 radical (unpaired) electrons. The second-order valence-corrected chi connectivity index (χ2v) is 6.08. The third kappa shape index (κ3) is 3.22. The average Bonchev–Trinajstić information content (AvgIpc) is 2.44. The van der Waals surface area contributed by atoms with Gasteiger partial charge >= 0.3 is 7.60 Å². The third-order valence-corrected chi connectivity index (χ3v) is 4.78. The lowest BCUT2D eigenvalue weighted by Gasteiger charge is -2.26. The summed E-state index contributed by atoms with van der Waals surface area (Å²) in [5.74, 6) is 0.705. The van der Waals surface area contributed by atoms with Crippen molar-refractivity contribution in [3.63, 3.8) is 0 Å². The van der Waals surface area contributed by atoms with E-state index >= 15 is 0 Å². The van der Waals surface area contributed by atoms with Crippen LogP contribution >= 0.6 is 7.60 Å². The van der Waals surface area contributed by atoms with Crippen LogP contribution in [-0.2, 0) is 13.6 Å². The average molecular weight is 268 g/mol. The summed E-state index contributed by atoms with van der Waals surface area (Å²) in [4.78, 5) is 0. The van der Waals surface area contributed by atoms with Gasteiger partial charge in [-0.1, -0.05) is 30.3 Å². The van der Waals surface area contributed by atoms with Crippen molar-refractivity contribution < 1.29 is 18.7 Å². The van der Waals surface area contributed by atoms with E-state index < -0.39 is 19.4 Å². The van der Waals surface area contributed by atoms with E-state index in [0.29, 0.717) is 0 Å². The van der Waals surface area contributed by atoms with E-state index in [1.165, 1.54) is 14.2 Å². The fraction of sp³-hybridized carbons (Fsp3) is 0.385. The molecule has 0 bridgehead atoms. The molecule has 0 saturated carbocycles. The molecule has 98 valence electrons. The first-order valence-corrected chi connectivity index (χ1v) is 7.08. The molecule has 0 amide bonds. The van der Waals surface area contributed by atoms with Crippen LogP contribution < -0.4 is 0 Å². The van der Waals surface area contributed by atoms with Crippen LogP contribution in [0.3, 0.4) is 0 Å². The van der Waals surface area contributed by atoms with Gasteiger partial charge in [0.05, 0.1) is 0 Å². The first-order valence-electron chi connectivity index (χ1n) is 5.46. The molecule has 1 N–H and O–H groups in total. The molecule has 4 nitrogen and oxygen atoms in total. The number of rotatable bonds is 6. The van der Waals surface area contributed by atoms with Gasteiger partial charge in [0.2, 0.25) is 0 Å². The van der Waals surface area contributed by atoms with Gasteiger partial charge in [-0.2, -0.15) is 0 Å².